The van der Waals surface area contributed by atoms with Crippen molar-refractivity contribution in [2.24, 2.45) is 5.73 Å². The minimum atomic E-state index is -0.352. The Morgan fingerprint density at radius 3 is 2.33 bits per heavy atom. The van der Waals surface area contributed by atoms with Crippen LogP contribution in [0.15, 0.2) is 48.7 Å². The van der Waals surface area contributed by atoms with Crippen molar-refractivity contribution in [2.45, 2.75) is 43.8 Å². The van der Waals surface area contributed by atoms with E-state index in [1.165, 1.54) is 0 Å². The van der Waals surface area contributed by atoms with Crippen molar-refractivity contribution in [3.8, 4) is 0 Å². The molecule has 1 aromatic heterocycles. The zero-order chi connectivity index (χ0) is 19.7. The van der Waals surface area contributed by atoms with Gasteiger partial charge in [0.25, 0.3) is 0 Å². The van der Waals surface area contributed by atoms with Crippen LogP contribution in [0.3, 0.4) is 0 Å². The lowest BCUT2D eigenvalue weighted by atomic mass is 9.74. The Morgan fingerprint density at radius 1 is 1.00 bits per heavy atom. The Morgan fingerprint density at radius 2 is 1.67 bits per heavy atom. The standard InChI is InChI=1S/C22H22Cl3N3.2ClH/c23-14-4-5-16-18(8-11-27-21(16)12-14)22(26)9-6-15(7-10-22)28-13-17-19(24)2-1-3-20(17)25;;/h1-5,8,11-12,15,28H,6-7,9-10,13,26H2;2*1H. The molecule has 0 radical (unpaired) electrons. The van der Waals surface area contributed by atoms with Crippen molar-refractivity contribution < 1.29 is 0 Å². The van der Waals surface area contributed by atoms with Crippen LogP contribution in [0.4, 0.5) is 0 Å². The first-order valence-corrected chi connectivity index (χ1v) is 10.6. The second-order valence-electron chi connectivity index (χ2n) is 7.53. The molecule has 0 bridgehead atoms. The van der Waals surface area contributed by atoms with Crippen LogP contribution in [-0.4, -0.2) is 11.0 Å². The molecule has 0 aliphatic heterocycles. The predicted octanol–water partition coefficient (Wildman–Crippen LogP) is 6.93. The quantitative estimate of drug-likeness (QED) is 0.403. The van der Waals surface area contributed by atoms with Gasteiger partial charge in [0.1, 0.15) is 0 Å². The molecule has 0 unspecified atom stereocenters. The number of pyridine rings is 1. The summed E-state index contributed by atoms with van der Waals surface area (Å²) in [5, 5.41) is 6.77. The van der Waals surface area contributed by atoms with Crippen LogP contribution in [0.25, 0.3) is 10.9 Å². The lowest BCUT2D eigenvalue weighted by molar-refractivity contribution is 0.252. The van der Waals surface area contributed by atoms with Gasteiger partial charge in [-0.1, -0.05) is 46.9 Å². The van der Waals surface area contributed by atoms with E-state index in [0.29, 0.717) is 27.7 Å². The highest BCUT2D eigenvalue weighted by molar-refractivity contribution is 6.36. The van der Waals surface area contributed by atoms with Crippen molar-refractivity contribution in [3.05, 3.63) is 74.9 Å². The summed E-state index contributed by atoms with van der Waals surface area (Å²) in [4.78, 5) is 4.45. The molecule has 2 aromatic carbocycles. The third-order valence-electron chi connectivity index (χ3n) is 5.75. The number of benzene rings is 2. The fourth-order valence-electron chi connectivity index (χ4n) is 4.11. The minimum absolute atomic E-state index is 0. The van der Waals surface area contributed by atoms with E-state index in [9.17, 15) is 0 Å². The summed E-state index contributed by atoms with van der Waals surface area (Å²) < 4.78 is 0. The molecule has 8 heteroatoms. The number of nitrogens with zero attached hydrogens (tertiary/aromatic N) is 1. The Hall–Kier alpha value is -0.780. The van der Waals surface area contributed by atoms with E-state index < -0.39 is 0 Å². The molecule has 1 aliphatic rings. The van der Waals surface area contributed by atoms with E-state index in [1.54, 1.807) is 0 Å². The van der Waals surface area contributed by atoms with E-state index in [4.69, 9.17) is 40.5 Å². The van der Waals surface area contributed by atoms with Gasteiger partial charge in [0.2, 0.25) is 0 Å². The molecule has 162 valence electrons. The van der Waals surface area contributed by atoms with Crippen molar-refractivity contribution in [1.82, 2.24) is 10.3 Å². The fraction of sp³-hybridized carbons (Fsp3) is 0.318. The summed E-state index contributed by atoms with van der Waals surface area (Å²) in [5.74, 6) is 0. The lowest BCUT2D eigenvalue weighted by Crippen LogP contribution is -2.45. The number of fused-ring (bicyclic) bond motifs is 1. The average molecular weight is 508 g/mol. The third kappa shape index (κ3) is 5.34. The van der Waals surface area contributed by atoms with Gasteiger partial charge >= 0.3 is 0 Å². The van der Waals surface area contributed by atoms with Crippen molar-refractivity contribution in [3.63, 3.8) is 0 Å². The van der Waals surface area contributed by atoms with Gasteiger partial charge in [0, 0.05) is 50.3 Å². The molecule has 1 aliphatic carbocycles. The van der Waals surface area contributed by atoms with E-state index in [1.807, 2.05) is 48.7 Å². The van der Waals surface area contributed by atoms with E-state index in [-0.39, 0.29) is 30.4 Å². The smallest absolute Gasteiger partial charge is 0.0720 e. The van der Waals surface area contributed by atoms with Crippen molar-refractivity contribution in [2.75, 3.05) is 0 Å². The molecule has 1 saturated carbocycles. The van der Waals surface area contributed by atoms with Gasteiger partial charge in [-0.25, -0.2) is 0 Å². The van der Waals surface area contributed by atoms with Crippen LogP contribution in [0, 0.1) is 0 Å². The molecular weight excluding hydrogens is 484 g/mol. The maximum atomic E-state index is 6.87. The summed E-state index contributed by atoms with van der Waals surface area (Å²) >= 11 is 18.7. The number of nitrogens with two attached hydrogens (primary N) is 1. The zero-order valence-electron chi connectivity index (χ0n) is 16.2. The summed E-state index contributed by atoms with van der Waals surface area (Å²) in [5.41, 5.74) is 9.52. The number of nitrogens with one attached hydrogen (secondary N) is 1. The Kier molecular flexibility index (Phi) is 9.08. The zero-order valence-corrected chi connectivity index (χ0v) is 20.1. The molecule has 0 spiro atoms. The molecule has 0 atom stereocenters. The summed E-state index contributed by atoms with van der Waals surface area (Å²) in [6.45, 7) is 0.664. The molecule has 3 aromatic rings. The van der Waals surface area contributed by atoms with E-state index >= 15 is 0 Å². The highest BCUT2D eigenvalue weighted by Crippen LogP contribution is 2.38. The normalized spacial score (nSPS) is 21.0. The number of hydrogen-bond acceptors (Lipinski definition) is 3. The highest BCUT2D eigenvalue weighted by atomic mass is 35.5. The first-order chi connectivity index (χ1) is 13.5. The highest BCUT2D eigenvalue weighted by Gasteiger charge is 2.34. The van der Waals surface area contributed by atoms with Crippen LogP contribution in [0.2, 0.25) is 15.1 Å². The first kappa shape index (κ1) is 25.5. The van der Waals surface area contributed by atoms with E-state index in [2.05, 4.69) is 10.3 Å². The number of halogens is 5. The average Bonchev–Trinajstić information content (AvgIpc) is 2.68. The summed E-state index contributed by atoms with van der Waals surface area (Å²) in [6, 6.07) is 13.9. The molecule has 0 amide bonds. The Labute approximate surface area is 204 Å². The number of aromatic nitrogens is 1. The molecular formula is C22H24Cl5N3. The monoisotopic (exact) mass is 505 g/mol. The molecule has 1 fully saturated rings. The van der Waals surface area contributed by atoms with Crippen LogP contribution in [-0.2, 0) is 12.1 Å². The predicted molar refractivity (Wildman–Crippen MR) is 133 cm³/mol. The summed E-state index contributed by atoms with van der Waals surface area (Å²) in [6.07, 6.45) is 5.63. The van der Waals surface area contributed by atoms with Gasteiger partial charge in [-0.15, -0.1) is 24.8 Å². The SMILES string of the molecule is Cl.Cl.NC1(c2ccnc3cc(Cl)ccc23)CCC(NCc2c(Cl)cccc2Cl)CC1. The number of hydrogen-bond donors (Lipinski definition) is 2. The Bertz CT molecular complexity index is 983. The molecule has 3 nitrogen and oxygen atoms in total. The van der Waals surface area contributed by atoms with Gasteiger partial charge in [-0.2, -0.15) is 0 Å². The van der Waals surface area contributed by atoms with Gasteiger partial charge in [0.05, 0.1) is 5.52 Å². The van der Waals surface area contributed by atoms with Gasteiger partial charge < -0.3 is 11.1 Å². The molecule has 0 saturated heterocycles. The second kappa shape index (κ2) is 10.7. The van der Waals surface area contributed by atoms with Crippen LogP contribution >= 0.6 is 59.6 Å². The maximum Gasteiger partial charge on any atom is 0.0720 e. The summed E-state index contributed by atoms with van der Waals surface area (Å²) in [7, 11) is 0. The second-order valence-corrected chi connectivity index (χ2v) is 8.78. The molecule has 1 heterocycles. The Balaban J connectivity index is 0.00000160. The lowest BCUT2D eigenvalue weighted by Gasteiger charge is -2.38. The first-order valence-electron chi connectivity index (χ1n) is 9.46. The van der Waals surface area contributed by atoms with Gasteiger partial charge in [0.15, 0.2) is 0 Å². The van der Waals surface area contributed by atoms with Crippen molar-refractivity contribution >= 4 is 70.5 Å². The van der Waals surface area contributed by atoms with Gasteiger partial charge in [-0.3, -0.25) is 4.98 Å². The van der Waals surface area contributed by atoms with Crippen molar-refractivity contribution in [1.29, 1.82) is 0 Å². The topological polar surface area (TPSA) is 50.9 Å². The van der Waals surface area contributed by atoms with Gasteiger partial charge in [-0.05, 0) is 61.6 Å². The minimum Gasteiger partial charge on any atom is -0.321 e. The van der Waals surface area contributed by atoms with Crippen LogP contribution in [0.5, 0.6) is 0 Å². The van der Waals surface area contributed by atoms with Crippen LogP contribution < -0.4 is 11.1 Å². The molecule has 3 N–H and O–H groups in total. The van der Waals surface area contributed by atoms with E-state index in [0.717, 1.165) is 47.7 Å². The molecule has 4 rings (SSSR count). The third-order valence-corrected chi connectivity index (χ3v) is 6.69. The molecule has 30 heavy (non-hydrogen) atoms. The number of rotatable bonds is 4. The maximum absolute atomic E-state index is 6.87. The van der Waals surface area contributed by atoms with Crippen LogP contribution in [0.1, 0.15) is 36.8 Å². The largest absolute Gasteiger partial charge is 0.321 e. The fourth-order valence-corrected chi connectivity index (χ4v) is 4.81.